The smallest absolute Gasteiger partial charge is 0.338 e. The minimum atomic E-state index is -0.452. The number of amides is 1. The molecule has 3 aromatic carbocycles. The van der Waals surface area contributed by atoms with Crippen molar-refractivity contribution in [2.75, 3.05) is 46.9 Å². The Morgan fingerprint density at radius 1 is 1.09 bits per heavy atom. The maximum atomic E-state index is 13.0. The van der Waals surface area contributed by atoms with Gasteiger partial charge in [-0.2, -0.15) is 0 Å². The highest BCUT2D eigenvalue weighted by Crippen LogP contribution is 2.33. The number of nitrogens with zero attached hydrogens (tertiary/aromatic N) is 3. The van der Waals surface area contributed by atoms with Gasteiger partial charge in [-0.3, -0.25) is 14.5 Å². The molecule has 1 saturated heterocycles. The van der Waals surface area contributed by atoms with Crippen molar-refractivity contribution in [1.82, 2.24) is 20.3 Å². The molecule has 0 spiro atoms. The topological polar surface area (TPSA) is 119 Å². The van der Waals surface area contributed by atoms with Gasteiger partial charge in [0.1, 0.15) is 0 Å². The number of methoxy groups -OCH3 is 1. The fourth-order valence-electron chi connectivity index (χ4n) is 5.34. The SMILES string of the molecule is COC(=O)c1cc2[nH]c(O)c(C(=Nc3ccc(C(=O)N(C)OCCN4CCN[C@@H](C)C4)cc3)c3ccccc3)c2cc1C. The number of carbonyl (C=O) groups excluding carboxylic acids is 2. The molecule has 1 fully saturated rings. The highest BCUT2D eigenvalue weighted by molar-refractivity contribution is 6.22. The number of carbonyl (C=O) groups is 2. The predicted octanol–water partition coefficient (Wildman–Crippen LogP) is 4.43. The quantitative estimate of drug-likeness (QED) is 0.151. The van der Waals surface area contributed by atoms with Crippen LogP contribution in [0.25, 0.3) is 10.9 Å². The molecule has 5 rings (SSSR count). The zero-order valence-electron chi connectivity index (χ0n) is 24.9. The van der Waals surface area contributed by atoms with Crippen LogP contribution in [0, 0.1) is 6.92 Å². The number of aliphatic imine (C=N–C) groups is 1. The van der Waals surface area contributed by atoms with Crippen LogP contribution in [0.1, 0.15) is 44.3 Å². The van der Waals surface area contributed by atoms with Gasteiger partial charge in [-0.15, -0.1) is 0 Å². The Bertz CT molecular complexity index is 1630. The highest BCUT2D eigenvalue weighted by atomic mass is 16.7. The van der Waals surface area contributed by atoms with Crippen LogP contribution < -0.4 is 5.32 Å². The lowest BCUT2D eigenvalue weighted by Gasteiger charge is -2.31. The molecule has 0 saturated carbocycles. The molecule has 1 amide bonds. The molecule has 1 aromatic heterocycles. The number of aromatic amines is 1. The summed E-state index contributed by atoms with van der Waals surface area (Å²) >= 11 is 0. The lowest BCUT2D eigenvalue weighted by molar-refractivity contribution is -0.110. The Morgan fingerprint density at radius 3 is 2.53 bits per heavy atom. The largest absolute Gasteiger partial charge is 0.494 e. The van der Waals surface area contributed by atoms with Crippen LogP contribution in [0.5, 0.6) is 5.88 Å². The summed E-state index contributed by atoms with van der Waals surface area (Å²) in [5, 5.41) is 16.4. The zero-order chi connectivity index (χ0) is 30.5. The second-order valence-corrected chi connectivity index (χ2v) is 10.7. The van der Waals surface area contributed by atoms with Crippen molar-refractivity contribution in [3.05, 3.63) is 94.5 Å². The maximum absolute atomic E-state index is 13.0. The molecule has 43 heavy (non-hydrogen) atoms. The van der Waals surface area contributed by atoms with Crippen LogP contribution in [-0.2, 0) is 9.57 Å². The molecule has 2 heterocycles. The number of aromatic nitrogens is 1. The van der Waals surface area contributed by atoms with Gasteiger partial charge in [0, 0.05) is 61.3 Å². The van der Waals surface area contributed by atoms with Crippen molar-refractivity contribution in [3.8, 4) is 5.88 Å². The summed E-state index contributed by atoms with van der Waals surface area (Å²) < 4.78 is 4.91. The summed E-state index contributed by atoms with van der Waals surface area (Å²) in [6, 6.07) is 20.4. The number of fused-ring (bicyclic) bond motifs is 1. The van der Waals surface area contributed by atoms with Crippen molar-refractivity contribution in [3.63, 3.8) is 0 Å². The number of H-pyrrole nitrogens is 1. The van der Waals surface area contributed by atoms with Gasteiger partial charge in [0.05, 0.1) is 36.2 Å². The lowest BCUT2D eigenvalue weighted by atomic mass is 9.98. The lowest BCUT2D eigenvalue weighted by Crippen LogP contribution is -2.50. The average molecular weight is 584 g/mol. The van der Waals surface area contributed by atoms with Crippen molar-refractivity contribution in [2.45, 2.75) is 19.9 Å². The Balaban J connectivity index is 1.39. The Kier molecular flexibility index (Phi) is 9.20. The summed E-state index contributed by atoms with van der Waals surface area (Å²) in [5.41, 5.74) is 4.61. The minimum absolute atomic E-state index is 0.0696. The summed E-state index contributed by atoms with van der Waals surface area (Å²) in [6.07, 6.45) is 0. The van der Waals surface area contributed by atoms with Gasteiger partial charge >= 0.3 is 5.97 Å². The summed E-state index contributed by atoms with van der Waals surface area (Å²) in [5.74, 6) is -0.773. The van der Waals surface area contributed by atoms with Crippen molar-refractivity contribution < 1.29 is 24.3 Å². The van der Waals surface area contributed by atoms with Crippen LogP contribution in [0.2, 0.25) is 0 Å². The van der Waals surface area contributed by atoms with E-state index in [0.29, 0.717) is 57.2 Å². The fraction of sp³-hybridized carbons (Fsp3) is 0.303. The van der Waals surface area contributed by atoms with Gasteiger partial charge in [0.15, 0.2) is 5.88 Å². The Labute approximate surface area is 250 Å². The van der Waals surface area contributed by atoms with Crippen molar-refractivity contribution in [2.24, 2.45) is 4.99 Å². The molecule has 1 aliphatic heterocycles. The molecule has 0 radical (unpaired) electrons. The molecule has 0 unspecified atom stereocenters. The third-order valence-corrected chi connectivity index (χ3v) is 7.60. The normalized spacial score (nSPS) is 15.9. The van der Waals surface area contributed by atoms with Gasteiger partial charge in [0.2, 0.25) is 0 Å². The molecule has 4 aromatic rings. The number of hydrogen-bond acceptors (Lipinski definition) is 8. The second kappa shape index (κ2) is 13.2. The van der Waals surface area contributed by atoms with Crippen LogP contribution in [0.15, 0.2) is 71.7 Å². The molecule has 0 bridgehead atoms. The number of rotatable bonds is 9. The number of ether oxygens (including phenoxy) is 1. The van der Waals surface area contributed by atoms with E-state index in [1.165, 1.54) is 12.2 Å². The second-order valence-electron chi connectivity index (χ2n) is 10.7. The van der Waals surface area contributed by atoms with E-state index in [9.17, 15) is 14.7 Å². The van der Waals surface area contributed by atoms with Gasteiger partial charge in [-0.1, -0.05) is 30.3 Å². The van der Waals surface area contributed by atoms with E-state index in [1.54, 1.807) is 37.4 Å². The molecule has 10 nitrogen and oxygen atoms in total. The van der Waals surface area contributed by atoms with Gasteiger partial charge in [-0.05, 0) is 55.8 Å². The van der Waals surface area contributed by atoms with Crippen molar-refractivity contribution >= 4 is 34.2 Å². The molecule has 3 N–H and O–H groups in total. The maximum Gasteiger partial charge on any atom is 0.338 e. The number of piperazine rings is 1. The van der Waals surface area contributed by atoms with E-state index < -0.39 is 5.97 Å². The van der Waals surface area contributed by atoms with Crippen LogP contribution in [0.3, 0.4) is 0 Å². The van der Waals surface area contributed by atoms with E-state index >= 15 is 0 Å². The zero-order valence-corrected chi connectivity index (χ0v) is 24.9. The van der Waals surface area contributed by atoms with E-state index in [1.807, 2.05) is 43.3 Å². The van der Waals surface area contributed by atoms with E-state index in [-0.39, 0.29) is 11.8 Å². The predicted molar refractivity (Wildman–Crippen MR) is 166 cm³/mol. The first kappa shape index (κ1) is 30.0. The molecule has 1 aliphatic rings. The monoisotopic (exact) mass is 583 g/mol. The molecular formula is C33H37N5O5. The van der Waals surface area contributed by atoms with E-state index in [4.69, 9.17) is 14.6 Å². The van der Waals surface area contributed by atoms with E-state index in [0.717, 1.165) is 31.7 Å². The fourth-order valence-corrected chi connectivity index (χ4v) is 5.34. The third-order valence-electron chi connectivity index (χ3n) is 7.60. The minimum Gasteiger partial charge on any atom is -0.494 e. The van der Waals surface area contributed by atoms with Crippen LogP contribution in [0.4, 0.5) is 5.69 Å². The summed E-state index contributed by atoms with van der Waals surface area (Å²) in [7, 11) is 2.96. The van der Waals surface area contributed by atoms with E-state index in [2.05, 4.69) is 22.1 Å². The number of aryl methyl sites for hydroxylation is 1. The molecule has 10 heteroatoms. The van der Waals surface area contributed by atoms with Crippen LogP contribution >= 0.6 is 0 Å². The summed E-state index contributed by atoms with van der Waals surface area (Å²) in [6.45, 7) is 8.02. The van der Waals surface area contributed by atoms with Gasteiger partial charge in [0.25, 0.3) is 5.91 Å². The molecule has 1 atom stereocenters. The first-order chi connectivity index (χ1) is 20.7. The first-order valence-corrected chi connectivity index (χ1v) is 14.3. The number of benzene rings is 3. The third kappa shape index (κ3) is 6.77. The average Bonchev–Trinajstić information content (AvgIpc) is 3.33. The Hall–Kier alpha value is -4.51. The summed E-state index contributed by atoms with van der Waals surface area (Å²) in [4.78, 5) is 41.2. The number of esters is 1. The molecular weight excluding hydrogens is 546 g/mol. The number of aromatic hydroxyl groups is 1. The van der Waals surface area contributed by atoms with Gasteiger partial charge < -0.3 is 20.1 Å². The number of nitrogens with one attached hydrogen (secondary N) is 2. The molecule has 0 aliphatic carbocycles. The Morgan fingerprint density at radius 2 is 1.84 bits per heavy atom. The van der Waals surface area contributed by atoms with Gasteiger partial charge in [-0.25, -0.2) is 14.9 Å². The standard InChI is InChI=1S/C33H37N5O5/c1-21-18-27-28(19-26(21)33(41)42-4)36-31(39)29(27)30(23-8-6-5-7-9-23)35-25-12-10-24(11-13-25)32(40)37(3)43-17-16-38-15-14-34-22(2)20-38/h5-13,18-19,22,34,36,39H,14-17,20H2,1-4H3/t22-/m0/s1. The number of hydroxylamine groups is 2. The first-order valence-electron chi connectivity index (χ1n) is 14.3. The van der Waals surface area contributed by atoms with Crippen LogP contribution in [-0.4, -0.2) is 90.6 Å². The number of hydrogen-bond donors (Lipinski definition) is 3. The van der Waals surface area contributed by atoms with Crippen molar-refractivity contribution in [1.29, 1.82) is 0 Å². The molecule has 224 valence electrons. The highest BCUT2D eigenvalue weighted by Gasteiger charge is 2.22.